The summed E-state index contributed by atoms with van der Waals surface area (Å²) in [7, 11) is -2.23. The molecule has 10 heavy (non-hydrogen) atoms. The number of hydrogen-bond acceptors (Lipinski definition) is 2. The third kappa shape index (κ3) is 2.07. The number of hydrogen-bond donors (Lipinski definition) is 1. The summed E-state index contributed by atoms with van der Waals surface area (Å²) in [6, 6.07) is 0.899. The maximum Gasteiger partial charge on any atom is 0.332 e. The van der Waals surface area contributed by atoms with Crippen molar-refractivity contribution in [3.63, 3.8) is 0 Å². The highest BCUT2D eigenvalue weighted by Gasteiger charge is 2.38. The lowest BCUT2D eigenvalue weighted by Crippen LogP contribution is -2.47. The van der Waals surface area contributed by atoms with Crippen molar-refractivity contribution < 1.29 is 9.22 Å². The van der Waals surface area contributed by atoms with Crippen molar-refractivity contribution in [1.29, 1.82) is 0 Å². The Balaban J connectivity index is 2.56. The van der Waals surface area contributed by atoms with Crippen LogP contribution in [0.25, 0.3) is 0 Å². The van der Waals surface area contributed by atoms with Crippen LogP contribution in [0.2, 0.25) is 12.6 Å². The lowest BCUT2D eigenvalue weighted by molar-refractivity contribution is 0.0424. The third-order valence-electron chi connectivity index (χ3n) is 1.92. The maximum atomic E-state index is 9.63. The molecule has 0 radical (unpaired) electrons. The summed E-state index contributed by atoms with van der Waals surface area (Å²) >= 11 is 0. The Morgan fingerprint density at radius 1 is 1.50 bits per heavy atom. The molecule has 0 aliphatic carbocycles. The van der Waals surface area contributed by atoms with E-state index in [2.05, 4.69) is 0 Å². The van der Waals surface area contributed by atoms with Gasteiger partial charge in [-0.3, -0.25) is 0 Å². The van der Waals surface area contributed by atoms with Crippen molar-refractivity contribution in [2.45, 2.75) is 44.9 Å². The minimum Gasteiger partial charge on any atom is -0.411 e. The molecule has 1 heterocycles. The highest BCUT2D eigenvalue weighted by Crippen LogP contribution is 2.30. The first-order chi connectivity index (χ1) is 4.41. The van der Waals surface area contributed by atoms with E-state index in [9.17, 15) is 4.80 Å². The Morgan fingerprint density at radius 3 is 2.40 bits per heavy atom. The van der Waals surface area contributed by atoms with Gasteiger partial charge < -0.3 is 9.22 Å². The molecule has 1 aliphatic heterocycles. The lowest BCUT2D eigenvalue weighted by Gasteiger charge is -2.38. The molecule has 1 atom stereocenters. The van der Waals surface area contributed by atoms with Crippen LogP contribution in [-0.2, 0) is 4.43 Å². The van der Waals surface area contributed by atoms with Crippen LogP contribution in [0.1, 0.15) is 26.7 Å². The van der Waals surface area contributed by atoms with Gasteiger partial charge in [0.2, 0.25) is 0 Å². The fourth-order valence-corrected chi connectivity index (χ4v) is 3.77. The zero-order valence-electron chi connectivity index (χ0n) is 6.98. The van der Waals surface area contributed by atoms with Gasteiger partial charge in [-0.15, -0.1) is 0 Å². The smallest absolute Gasteiger partial charge is 0.332 e. The molecule has 0 bridgehead atoms. The topological polar surface area (TPSA) is 29.5 Å². The summed E-state index contributed by atoms with van der Waals surface area (Å²) in [6.45, 7) is 5.97. The standard InChI is InChI=1S/C7H16O2Si/c1-7(2)5-4-6-10(3,8)9-7/h8H,4-6H2,1-3H3. The van der Waals surface area contributed by atoms with Crippen molar-refractivity contribution in [2.75, 3.05) is 0 Å². The van der Waals surface area contributed by atoms with Gasteiger partial charge >= 0.3 is 8.56 Å². The molecule has 1 fully saturated rings. The summed E-state index contributed by atoms with van der Waals surface area (Å²) < 4.78 is 5.56. The van der Waals surface area contributed by atoms with Crippen molar-refractivity contribution in [2.24, 2.45) is 0 Å². The first-order valence-corrected chi connectivity index (χ1v) is 6.40. The van der Waals surface area contributed by atoms with E-state index in [1.54, 1.807) is 0 Å². The first-order valence-electron chi connectivity index (χ1n) is 3.84. The van der Waals surface area contributed by atoms with E-state index in [1.807, 2.05) is 20.4 Å². The molecule has 2 nitrogen and oxygen atoms in total. The summed E-state index contributed by atoms with van der Waals surface area (Å²) in [4.78, 5) is 9.63. The van der Waals surface area contributed by atoms with Gasteiger partial charge in [-0.25, -0.2) is 0 Å². The van der Waals surface area contributed by atoms with Crippen LogP contribution < -0.4 is 0 Å². The summed E-state index contributed by atoms with van der Waals surface area (Å²) in [5, 5.41) is 0. The Hall–Kier alpha value is 0.137. The maximum absolute atomic E-state index is 9.63. The molecule has 0 spiro atoms. The molecule has 0 saturated carbocycles. The van der Waals surface area contributed by atoms with Gasteiger partial charge in [0.25, 0.3) is 0 Å². The van der Waals surface area contributed by atoms with Crippen molar-refractivity contribution in [3.05, 3.63) is 0 Å². The van der Waals surface area contributed by atoms with Crippen LogP contribution in [-0.4, -0.2) is 19.0 Å². The highest BCUT2D eigenvalue weighted by molar-refractivity contribution is 6.64. The van der Waals surface area contributed by atoms with Crippen LogP contribution in [0.3, 0.4) is 0 Å². The van der Waals surface area contributed by atoms with E-state index in [0.717, 1.165) is 18.9 Å². The lowest BCUT2D eigenvalue weighted by atomic mass is 10.0. The van der Waals surface area contributed by atoms with Crippen LogP contribution in [0.5, 0.6) is 0 Å². The second-order valence-corrected chi connectivity index (χ2v) is 6.94. The normalized spacial score (nSPS) is 39.6. The average molecular weight is 160 g/mol. The van der Waals surface area contributed by atoms with E-state index >= 15 is 0 Å². The summed E-state index contributed by atoms with van der Waals surface area (Å²) in [6.07, 6.45) is 2.20. The summed E-state index contributed by atoms with van der Waals surface area (Å²) in [5.74, 6) is 0. The van der Waals surface area contributed by atoms with E-state index in [1.165, 1.54) is 0 Å². The average Bonchev–Trinajstić information content (AvgIpc) is 1.56. The SMILES string of the molecule is CC1(C)CCC[Si](C)(O)O1. The van der Waals surface area contributed by atoms with E-state index in [0.29, 0.717) is 0 Å². The Kier molecular flexibility index (Phi) is 1.91. The molecule has 1 unspecified atom stereocenters. The molecule has 1 aliphatic rings. The van der Waals surface area contributed by atoms with E-state index < -0.39 is 8.56 Å². The number of rotatable bonds is 0. The van der Waals surface area contributed by atoms with Gasteiger partial charge in [-0.1, -0.05) is 0 Å². The molecule has 0 aromatic heterocycles. The predicted octanol–water partition coefficient (Wildman–Crippen LogP) is 1.64. The zero-order chi connectivity index (χ0) is 7.83. The molecule has 0 aromatic carbocycles. The molecule has 1 rings (SSSR count). The molecular formula is C7H16O2Si. The minimum atomic E-state index is -2.23. The Labute approximate surface area is 63.5 Å². The fraction of sp³-hybridized carbons (Fsp3) is 1.00. The van der Waals surface area contributed by atoms with E-state index in [-0.39, 0.29) is 5.60 Å². The van der Waals surface area contributed by atoms with Crippen molar-refractivity contribution in [1.82, 2.24) is 0 Å². The van der Waals surface area contributed by atoms with Crippen LogP contribution in [0.15, 0.2) is 0 Å². The third-order valence-corrected chi connectivity index (χ3v) is 4.19. The quantitative estimate of drug-likeness (QED) is 0.546. The molecule has 60 valence electrons. The van der Waals surface area contributed by atoms with Gasteiger partial charge in [-0.2, -0.15) is 0 Å². The second-order valence-electron chi connectivity index (χ2n) is 3.89. The van der Waals surface area contributed by atoms with E-state index in [4.69, 9.17) is 4.43 Å². The summed E-state index contributed by atoms with van der Waals surface area (Å²) in [5.41, 5.74) is -0.0754. The predicted molar refractivity (Wildman–Crippen MR) is 43.0 cm³/mol. The van der Waals surface area contributed by atoms with Crippen LogP contribution >= 0.6 is 0 Å². The van der Waals surface area contributed by atoms with Crippen LogP contribution in [0.4, 0.5) is 0 Å². The molecule has 0 aromatic rings. The molecule has 3 heteroatoms. The van der Waals surface area contributed by atoms with Gasteiger partial charge in [0.05, 0.1) is 5.60 Å². The largest absolute Gasteiger partial charge is 0.411 e. The molecule has 1 N–H and O–H groups in total. The Morgan fingerprint density at radius 2 is 2.10 bits per heavy atom. The van der Waals surface area contributed by atoms with Crippen LogP contribution in [0, 0.1) is 0 Å². The molecular weight excluding hydrogens is 144 g/mol. The minimum absolute atomic E-state index is 0.0754. The Bertz CT molecular complexity index is 118. The van der Waals surface area contributed by atoms with Crippen molar-refractivity contribution in [3.8, 4) is 0 Å². The monoisotopic (exact) mass is 160 g/mol. The second kappa shape index (κ2) is 2.32. The molecule has 0 amide bonds. The molecule has 1 saturated heterocycles. The van der Waals surface area contributed by atoms with Gasteiger partial charge in [0.1, 0.15) is 0 Å². The van der Waals surface area contributed by atoms with Gasteiger partial charge in [0, 0.05) is 0 Å². The van der Waals surface area contributed by atoms with Gasteiger partial charge in [-0.05, 0) is 39.3 Å². The van der Waals surface area contributed by atoms with Gasteiger partial charge in [0.15, 0.2) is 0 Å². The van der Waals surface area contributed by atoms with Crippen molar-refractivity contribution >= 4 is 8.56 Å². The zero-order valence-corrected chi connectivity index (χ0v) is 7.98. The first kappa shape index (κ1) is 8.24. The fourth-order valence-electron chi connectivity index (χ4n) is 1.54. The highest BCUT2D eigenvalue weighted by atomic mass is 28.4.